The zero-order chi connectivity index (χ0) is 18.4. The van der Waals surface area contributed by atoms with Crippen molar-refractivity contribution in [1.29, 1.82) is 0 Å². The van der Waals surface area contributed by atoms with Gasteiger partial charge in [0.1, 0.15) is 0 Å². The van der Waals surface area contributed by atoms with E-state index >= 15 is 0 Å². The summed E-state index contributed by atoms with van der Waals surface area (Å²) in [6.45, 7) is 1.82. The lowest BCUT2D eigenvalue weighted by Crippen LogP contribution is -2.23. The van der Waals surface area contributed by atoms with Crippen LogP contribution in [0.25, 0.3) is 0 Å². The molecule has 0 heterocycles. The summed E-state index contributed by atoms with van der Waals surface area (Å²) in [7, 11) is -3.66. The van der Waals surface area contributed by atoms with Gasteiger partial charge < -0.3 is 11.5 Å². The number of hydrogen-bond donors (Lipinski definition) is 3. The highest BCUT2D eigenvalue weighted by molar-refractivity contribution is 7.89. The zero-order valence-corrected chi connectivity index (χ0v) is 15.1. The summed E-state index contributed by atoms with van der Waals surface area (Å²) in [6, 6.07) is 13.3. The Kier molecular flexibility index (Phi) is 6.13. The van der Waals surface area contributed by atoms with Gasteiger partial charge in [-0.05, 0) is 36.2 Å². The van der Waals surface area contributed by atoms with E-state index < -0.39 is 10.0 Å². The minimum absolute atomic E-state index is 0.106. The fraction of sp³-hybridized carbons (Fsp3) is 0.125. The van der Waals surface area contributed by atoms with E-state index in [-0.39, 0.29) is 17.4 Å². The Bertz CT molecular complexity index is 904. The van der Waals surface area contributed by atoms with E-state index in [9.17, 15) is 8.42 Å². The molecule has 25 heavy (non-hydrogen) atoms. The van der Waals surface area contributed by atoms with Gasteiger partial charge in [0.2, 0.25) is 16.0 Å². The second-order valence-electron chi connectivity index (χ2n) is 5.15. The molecule has 0 bridgehead atoms. The third-order valence-corrected chi connectivity index (χ3v) is 5.09. The van der Waals surface area contributed by atoms with E-state index in [1.54, 1.807) is 43.3 Å². The van der Waals surface area contributed by atoms with Crippen molar-refractivity contribution in [3.05, 3.63) is 64.7 Å². The van der Waals surface area contributed by atoms with E-state index in [1.165, 1.54) is 12.1 Å². The van der Waals surface area contributed by atoms with Crippen molar-refractivity contribution in [3.8, 4) is 0 Å². The van der Waals surface area contributed by atoms with Crippen LogP contribution in [0.1, 0.15) is 18.1 Å². The molecule has 0 aliphatic rings. The van der Waals surface area contributed by atoms with E-state index in [0.29, 0.717) is 21.9 Å². The highest BCUT2D eigenvalue weighted by Crippen LogP contribution is 2.16. The van der Waals surface area contributed by atoms with Gasteiger partial charge in [0.25, 0.3) is 0 Å². The maximum absolute atomic E-state index is 12.4. The number of sulfonamides is 1. The second-order valence-corrected chi connectivity index (χ2v) is 7.32. The van der Waals surface area contributed by atoms with Crippen LogP contribution in [0.15, 0.2) is 63.6 Å². The topological polar surface area (TPSA) is 123 Å². The fourth-order valence-corrected chi connectivity index (χ4v) is 3.17. The first-order valence-corrected chi connectivity index (χ1v) is 9.12. The van der Waals surface area contributed by atoms with Gasteiger partial charge >= 0.3 is 0 Å². The lowest BCUT2D eigenvalue weighted by molar-refractivity contribution is 0.581. The van der Waals surface area contributed by atoms with Gasteiger partial charge in [-0.2, -0.15) is 5.10 Å². The molecule has 7 nitrogen and oxygen atoms in total. The Morgan fingerprint density at radius 3 is 2.32 bits per heavy atom. The van der Waals surface area contributed by atoms with Crippen LogP contribution < -0.4 is 16.2 Å². The molecule has 9 heteroatoms. The Hall–Kier alpha value is -2.42. The smallest absolute Gasteiger partial charge is 0.240 e. The molecule has 0 spiro atoms. The summed E-state index contributed by atoms with van der Waals surface area (Å²) >= 11 is 6.03. The Morgan fingerprint density at radius 1 is 1.08 bits per heavy atom. The monoisotopic (exact) mass is 379 g/mol. The van der Waals surface area contributed by atoms with Crippen LogP contribution in [0.3, 0.4) is 0 Å². The fourth-order valence-electron chi connectivity index (χ4n) is 1.96. The van der Waals surface area contributed by atoms with Crippen molar-refractivity contribution < 1.29 is 8.42 Å². The average molecular weight is 380 g/mol. The number of guanidine groups is 1. The van der Waals surface area contributed by atoms with Crippen LogP contribution in [-0.2, 0) is 16.6 Å². The first kappa shape index (κ1) is 18.9. The number of hydrogen-bond acceptors (Lipinski definition) is 4. The molecule has 0 atom stereocenters. The summed E-state index contributed by atoms with van der Waals surface area (Å²) < 4.78 is 27.3. The van der Waals surface area contributed by atoms with Crippen LogP contribution in [0.5, 0.6) is 0 Å². The molecular weight excluding hydrogens is 362 g/mol. The molecule has 2 aromatic carbocycles. The first-order valence-electron chi connectivity index (χ1n) is 7.26. The predicted octanol–water partition coefficient (Wildman–Crippen LogP) is 1.82. The summed E-state index contributed by atoms with van der Waals surface area (Å²) in [6.07, 6.45) is 0. The van der Waals surface area contributed by atoms with Crippen molar-refractivity contribution in [2.45, 2.75) is 18.4 Å². The summed E-state index contributed by atoms with van der Waals surface area (Å²) in [5, 5.41) is 7.91. The maximum Gasteiger partial charge on any atom is 0.240 e. The first-order chi connectivity index (χ1) is 11.8. The molecule has 0 saturated carbocycles. The normalized spacial score (nSPS) is 12.0. The molecule has 0 saturated heterocycles. The molecule has 132 valence electrons. The van der Waals surface area contributed by atoms with Gasteiger partial charge in [0.15, 0.2) is 0 Å². The largest absolute Gasteiger partial charge is 0.369 e. The Balaban J connectivity index is 2.14. The van der Waals surface area contributed by atoms with Gasteiger partial charge in [-0.3, -0.25) is 0 Å². The molecule has 0 aliphatic heterocycles. The van der Waals surface area contributed by atoms with Crippen LogP contribution in [0.4, 0.5) is 0 Å². The van der Waals surface area contributed by atoms with Gasteiger partial charge in [-0.25, -0.2) is 13.1 Å². The van der Waals surface area contributed by atoms with Crippen LogP contribution in [-0.4, -0.2) is 20.1 Å². The summed E-state index contributed by atoms with van der Waals surface area (Å²) in [5.74, 6) is -0.151. The molecule has 2 aromatic rings. The van der Waals surface area contributed by atoms with Gasteiger partial charge in [0, 0.05) is 11.6 Å². The van der Waals surface area contributed by atoms with Crippen molar-refractivity contribution in [2.24, 2.45) is 21.7 Å². The quantitative estimate of drug-likeness (QED) is 0.402. The van der Waals surface area contributed by atoms with Crippen molar-refractivity contribution >= 4 is 33.3 Å². The SMILES string of the molecule is C/C(=N/N=C(N)N)c1ccc(S(=O)(=O)NCc2ccccc2Cl)cc1. The molecule has 0 fully saturated rings. The number of rotatable bonds is 6. The number of nitrogens with one attached hydrogen (secondary N) is 1. The van der Waals surface area contributed by atoms with Gasteiger partial charge in [-0.15, -0.1) is 5.10 Å². The van der Waals surface area contributed by atoms with Crippen LogP contribution in [0.2, 0.25) is 5.02 Å². The summed E-state index contributed by atoms with van der Waals surface area (Å²) in [4.78, 5) is 0.137. The molecule has 2 rings (SSSR count). The van der Waals surface area contributed by atoms with Crippen LogP contribution in [0, 0.1) is 0 Å². The van der Waals surface area contributed by atoms with Crippen LogP contribution >= 0.6 is 11.6 Å². The molecule has 0 unspecified atom stereocenters. The third-order valence-electron chi connectivity index (χ3n) is 3.31. The highest BCUT2D eigenvalue weighted by Gasteiger charge is 2.14. The van der Waals surface area contributed by atoms with E-state index in [2.05, 4.69) is 14.9 Å². The van der Waals surface area contributed by atoms with Crippen molar-refractivity contribution in [2.75, 3.05) is 0 Å². The van der Waals surface area contributed by atoms with E-state index in [4.69, 9.17) is 23.1 Å². The van der Waals surface area contributed by atoms with Crippen molar-refractivity contribution in [1.82, 2.24) is 4.72 Å². The van der Waals surface area contributed by atoms with E-state index in [0.717, 1.165) is 0 Å². The number of nitrogens with zero attached hydrogens (tertiary/aromatic N) is 2. The second kappa shape index (κ2) is 8.11. The van der Waals surface area contributed by atoms with Gasteiger partial charge in [-0.1, -0.05) is 41.9 Å². The Morgan fingerprint density at radius 2 is 1.72 bits per heavy atom. The molecule has 0 amide bonds. The predicted molar refractivity (Wildman–Crippen MR) is 99.9 cm³/mol. The molecular formula is C16H18ClN5O2S. The molecule has 0 aliphatic carbocycles. The summed E-state index contributed by atoms with van der Waals surface area (Å²) in [5.41, 5.74) is 12.4. The third kappa shape index (κ3) is 5.28. The number of nitrogens with two attached hydrogens (primary N) is 2. The lowest BCUT2D eigenvalue weighted by Gasteiger charge is -2.09. The minimum Gasteiger partial charge on any atom is -0.369 e. The van der Waals surface area contributed by atoms with Crippen molar-refractivity contribution in [3.63, 3.8) is 0 Å². The Labute approximate surface area is 151 Å². The minimum atomic E-state index is -3.66. The highest BCUT2D eigenvalue weighted by atomic mass is 35.5. The maximum atomic E-state index is 12.4. The molecule has 0 radical (unpaired) electrons. The number of benzene rings is 2. The van der Waals surface area contributed by atoms with E-state index in [1.807, 2.05) is 0 Å². The van der Waals surface area contributed by atoms with Gasteiger partial charge in [0.05, 0.1) is 10.6 Å². The zero-order valence-electron chi connectivity index (χ0n) is 13.5. The average Bonchev–Trinajstić information content (AvgIpc) is 2.59. The number of halogens is 1. The molecule has 0 aromatic heterocycles. The standard InChI is InChI=1S/C16H18ClN5O2S/c1-11(21-22-16(18)19)12-6-8-14(9-7-12)25(23,24)20-10-13-4-2-3-5-15(13)17/h2-9,20H,10H2,1H3,(H4,18,19,22)/b21-11-. The molecule has 5 N–H and O–H groups in total. The lowest BCUT2D eigenvalue weighted by atomic mass is 10.1.